The Labute approximate surface area is 119 Å². The molecule has 1 aliphatic heterocycles. The summed E-state index contributed by atoms with van der Waals surface area (Å²) in [5, 5.41) is 3.98. The molecule has 0 aromatic rings. The van der Waals surface area contributed by atoms with E-state index >= 15 is 0 Å². The van der Waals surface area contributed by atoms with Gasteiger partial charge in [-0.25, -0.2) is 0 Å². The third kappa shape index (κ3) is 3.33. The summed E-state index contributed by atoms with van der Waals surface area (Å²) in [4.78, 5) is 2.82. The van der Waals surface area contributed by atoms with Crippen LogP contribution in [0.25, 0.3) is 0 Å². The van der Waals surface area contributed by atoms with E-state index in [9.17, 15) is 0 Å². The zero-order valence-electron chi connectivity index (χ0n) is 12.9. The number of hydrogen-bond donors (Lipinski definition) is 1. The quantitative estimate of drug-likeness (QED) is 0.837. The highest BCUT2D eigenvalue weighted by atomic mass is 15.2. The highest BCUT2D eigenvalue weighted by molar-refractivity contribution is 4.93. The van der Waals surface area contributed by atoms with Gasteiger partial charge < -0.3 is 5.32 Å². The molecule has 110 valence electrons. The van der Waals surface area contributed by atoms with Gasteiger partial charge in [0.05, 0.1) is 0 Å². The van der Waals surface area contributed by atoms with Crippen molar-refractivity contribution in [2.24, 2.45) is 11.8 Å². The lowest BCUT2D eigenvalue weighted by molar-refractivity contribution is 0.0310. The number of nitrogens with zero attached hydrogens (tertiary/aromatic N) is 1. The molecular weight excluding hydrogens is 232 g/mol. The van der Waals surface area contributed by atoms with Gasteiger partial charge in [-0.15, -0.1) is 0 Å². The molecule has 2 nitrogen and oxygen atoms in total. The van der Waals surface area contributed by atoms with E-state index in [1.165, 1.54) is 64.5 Å². The van der Waals surface area contributed by atoms with Gasteiger partial charge in [0.25, 0.3) is 0 Å². The molecule has 0 amide bonds. The lowest BCUT2D eigenvalue weighted by atomic mass is 9.78. The first-order chi connectivity index (χ1) is 9.24. The molecule has 1 heterocycles. The molecule has 2 aliphatic carbocycles. The third-order valence-corrected chi connectivity index (χ3v) is 5.83. The molecule has 2 atom stereocenters. The molecule has 3 fully saturated rings. The average molecular weight is 264 g/mol. The van der Waals surface area contributed by atoms with Crippen LogP contribution >= 0.6 is 0 Å². The Morgan fingerprint density at radius 2 is 1.74 bits per heavy atom. The Morgan fingerprint density at radius 1 is 1.00 bits per heavy atom. The van der Waals surface area contributed by atoms with Gasteiger partial charge in [0.15, 0.2) is 0 Å². The van der Waals surface area contributed by atoms with E-state index in [-0.39, 0.29) is 0 Å². The first kappa shape index (κ1) is 13.9. The second-order valence-electron chi connectivity index (χ2n) is 7.54. The van der Waals surface area contributed by atoms with Crippen molar-refractivity contribution >= 4 is 0 Å². The van der Waals surface area contributed by atoms with E-state index < -0.39 is 0 Å². The lowest BCUT2D eigenvalue weighted by Crippen LogP contribution is -2.56. The van der Waals surface area contributed by atoms with Crippen LogP contribution in [0.15, 0.2) is 0 Å². The maximum atomic E-state index is 3.98. The standard InChI is InChI=1S/C17H32N2/c1-3-14-10-16(18-15-6-4-5-7-15)12-19(11-14)17-8-13(2)9-17/h13-18H,3-12H2,1-2H3. The van der Waals surface area contributed by atoms with Crippen molar-refractivity contribution in [2.75, 3.05) is 13.1 Å². The maximum Gasteiger partial charge on any atom is 0.0200 e. The predicted octanol–water partition coefficient (Wildman–Crippen LogP) is 3.42. The largest absolute Gasteiger partial charge is 0.310 e. The summed E-state index contributed by atoms with van der Waals surface area (Å²) in [6.07, 6.45) is 11.4. The monoisotopic (exact) mass is 264 g/mol. The second-order valence-corrected chi connectivity index (χ2v) is 7.54. The van der Waals surface area contributed by atoms with Crippen LogP contribution in [-0.4, -0.2) is 36.1 Å². The SMILES string of the molecule is CCC1CC(NC2CCCC2)CN(C2CC(C)C2)C1. The summed E-state index contributed by atoms with van der Waals surface area (Å²) in [6.45, 7) is 7.48. The van der Waals surface area contributed by atoms with Gasteiger partial charge in [-0.1, -0.05) is 33.1 Å². The smallest absolute Gasteiger partial charge is 0.0200 e. The first-order valence-electron chi connectivity index (χ1n) is 8.74. The van der Waals surface area contributed by atoms with Gasteiger partial charge in [-0.3, -0.25) is 4.90 Å². The minimum atomic E-state index is 0.776. The Kier molecular flexibility index (Phi) is 4.48. The summed E-state index contributed by atoms with van der Waals surface area (Å²) < 4.78 is 0. The van der Waals surface area contributed by atoms with E-state index in [1.54, 1.807) is 0 Å². The molecule has 2 saturated carbocycles. The van der Waals surface area contributed by atoms with Crippen molar-refractivity contribution in [3.8, 4) is 0 Å². The predicted molar refractivity (Wildman–Crippen MR) is 81.3 cm³/mol. The Hall–Kier alpha value is -0.0800. The maximum absolute atomic E-state index is 3.98. The number of rotatable bonds is 4. The minimum Gasteiger partial charge on any atom is -0.310 e. The van der Waals surface area contributed by atoms with Crippen LogP contribution in [-0.2, 0) is 0 Å². The first-order valence-corrected chi connectivity index (χ1v) is 8.74. The molecular formula is C17H32N2. The van der Waals surface area contributed by atoms with Crippen LogP contribution in [0.2, 0.25) is 0 Å². The Morgan fingerprint density at radius 3 is 2.37 bits per heavy atom. The van der Waals surface area contributed by atoms with Crippen LogP contribution in [0.5, 0.6) is 0 Å². The van der Waals surface area contributed by atoms with Crippen LogP contribution in [0, 0.1) is 11.8 Å². The molecule has 0 radical (unpaired) electrons. The van der Waals surface area contributed by atoms with E-state index in [0.29, 0.717) is 0 Å². The highest BCUT2D eigenvalue weighted by Crippen LogP contribution is 2.34. The highest BCUT2D eigenvalue weighted by Gasteiger charge is 2.36. The normalized spacial score (nSPS) is 41.4. The van der Waals surface area contributed by atoms with Gasteiger partial charge in [0, 0.05) is 31.2 Å². The summed E-state index contributed by atoms with van der Waals surface area (Å²) in [7, 11) is 0. The fourth-order valence-corrected chi connectivity index (χ4v) is 4.54. The van der Waals surface area contributed by atoms with Crippen molar-refractivity contribution in [1.82, 2.24) is 10.2 Å². The number of likely N-dealkylation sites (tertiary alicyclic amines) is 1. The molecule has 19 heavy (non-hydrogen) atoms. The van der Waals surface area contributed by atoms with E-state index in [1.807, 2.05) is 0 Å². The van der Waals surface area contributed by atoms with Gasteiger partial charge in [0.2, 0.25) is 0 Å². The molecule has 0 bridgehead atoms. The summed E-state index contributed by atoms with van der Waals surface area (Å²) in [6, 6.07) is 2.53. The van der Waals surface area contributed by atoms with E-state index in [2.05, 4.69) is 24.1 Å². The van der Waals surface area contributed by atoms with Crippen LogP contribution < -0.4 is 5.32 Å². The van der Waals surface area contributed by atoms with E-state index in [0.717, 1.165) is 30.0 Å². The third-order valence-electron chi connectivity index (χ3n) is 5.83. The zero-order chi connectivity index (χ0) is 13.2. The topological polar surface area (TPSA) is 15.3 Å². The Bertz CT molecular complexity index is 279. The molecule has 1 N–H and O–H groups in total. The average Bonchev–Trinajstić information content (AvgIpc) is 2.87. The van der Waals surface area contributed by atoms with E-state index in [4.69, 9.17) is 0 Å². The second kappa shape index (κ2) is 6.13. The fraction of sp³-hybridized carbons (Fsp3) is 1.00. The molecule has 0 spiro atoms. The van der Waals surface area contributed by atoms with Crippen LogP contribution in [0.4, 0.5) is 0 Å². The van der Waals surface area contributed by atoms with Crippen molar-refractivity contribution in [3.05, 3.63) is 0 Å². The van der Waals surface area contributed by atoms with Crippen LogP contribution in [0.1, 0.15) is 65.2 Å². The van der Waals surface area contributed by atoms with Crippen molar-refractivity contribution < 1.29 is 0 Å². The Balaban J connectivity index is 1.54. The molecule has 3 aliphatic rings. The van der Waals surface area contributed by atoms with Crippen molar-refractivity contribution in [3.63, 3.8) is 0 Å². The van der Waals surface area contributed by atoms with Gasteiger partial charge in [-0.2, -0.15) is 0 Å². The number of hydrogen-bond acceptors (Lipinski definition) is 2. The molecule has 3 rings (SSSR count). The molecule has 2 unspecified atom stereocenters. The molecule has 1 saturated heterocycles. The molecule has 2 heteroatoms. The van der Waals surface area contributed by atoms with Gasteiger partial charge in [0.1, 0.15) is 0 Å². The molecule has 0 aromatic carbocycles. The number of nitrogens with one attached hydrogen (secondary N) is 1. The summed E-state index contributed by atoms with van der Waals surface area (Å²) >= 11 is 0. The zero-order valence-corrected chi connectivity index (χ0v) is 12.9. The molecule has 0 aromatic heterocycles. The van der Waals surface area contributed by atoms with Crippen molar-refractivity contribution in [1.29, 1.82) is 0 Å². The van der Waals surface area contributed by atoms with Crippen molar-refractivity contribution in [2.45, 2.75) is 83.3 Å². The fourth-order valence-electron chi connectivity index (χ4n) is 4.54. The summed E-state index contributed by atoms with van der Waals surface area (Å²) in [5.74, 6) is 1.91. The summed E-state index contributed by atoms with van der Waals surface area (Å²) in [5.41, 5.74) is 0. The number of piperidine rings is 1. The van der Waals surface area contributed by atoms with Gasteiger partial charge >= 0.3 is 0 Å². The van der Waals surface area contributed by atoms with Gasteiger partial charge in [-0.05, 0) is 43.9 Å². The van der Waals surface area contributed by atoms with Crippen LogP contribution in [0.3, 0.4) is 0 Å². The lowest BCUT2D eigenvalue weighted by Gasteiger charge is -2.48. The minimum absolute atomic E-state index is 0.776.